The Morgan fingerprint density at radius 1 is 1.00 bits per heavy atom. The number of esters is 1. The van der Waals surface area contributed by atoms with Gasteiger partial charge in [0.1, 0.15) is 0 Å². The molecule has 0 aliphatic carbocycles. The van der Waals surface area contributed by atoms with Crippen molar-refractivity contribution in [3.8, 4) is 0 Å². The van der Waals surface area contributed by atoms with E-state index in [9.17, 15) is 19.2 Å². The van der Waals surface area contributed by atoms with E-state index in [0.29, 0.717) is 0 Å². The molecule has 3 amide bonds. The van der Waals surface area contributed by atoms with Gasteiger partial charge in [0, 0.05) is 12.1 Å². The van der Waals surface area contributed by atoms with E-state index in [0.717, 1.165) is 5.56 Å². The van der Waals surface area contributed by atoms with Crippen molar-refractivity contribution in [3.63, 3.8) is 0 Å². The molecule has 0 bridgehead atoms. The fourth-order valence-electron chi connectivity index (χ4n) is 3.04. The normalized spacial score (nSPS) is 12.9. The van der Waals surface area contributed by atoms with Crippen LogP contribution in [0.2, 0.25) is 0 Å². The molecule has 0 aromatic heterocycles. The lowest BCUT2D eigenvalue weighted by molar-refractivity contribution is -0.147. The van der Waals surface area contributed by atoms with Crippen LogP contribution in [0.5, 0.6) is 0 Å². The van der Waals surface area contributed by atoms with Crippen LogP contribution in [0.3, 0.4) is 0 Å². The Morgan fingerprint density at radius 3 is 2.38 bits per heavy atom. The molecule has 0 saturated heterocycles. The summed E-state index contributed by atoms with van der Waals surface area (Å²) in [6.07, 6.45) is -0.158. The van der Waals surface area contributed by atoms with E-state index in [2.05, 4.69) is 5.32 Å². The molecular formula is C22H22N2O5. The van der Waals surface area contributed by atoms with Crippen molar-refractivity contribution in [2.75, 3.05) is 6.54 Å². The molecule has 3 rings (SSSR count). The van der Waals surface area contributed by atoms with Crippen molar-refractivity contribution in [3.05, 3.63) is 70.8 Å². The number of rotatable bonds is 7. The Balaban J connectivity index is 1.66. The average molecular weight is 394 g/mol. The molecule has 29 heavy (non-hydrogen) atoms. The zero-order chi connectivity index (χ0) is 21.0. The van der Waals surface area contributed by atoms with Crippen molar-refractivity contribution < 1.29 is 23.9 Å². The van der Waals surface area contributed by atoms with Crippen molar-refractivity contribution in [1.82, 2.24) is 10.2 Å². The van der Waals surface area contributed by atoms with Gasteiger partial charge in [-0.2, -0.15) is 0 Å². The summed E-state index contributed by atoms with van der Waals surface area (Å²) in [6, 6.07) is 13.6. The van der Waals surface area contributed by atoms with Crippen LogP contribution in [0.25, 0.3) is 0 Å². The number of fused-ring (bicyclic) bond motifs is 1. The standard InChI is InChI=1S/C22H22N2O5/c1-14(2)29-19(25)10-11-23-20(26)16-8-9-17-18(12-16)22(28)24(21(17)27)13-15-6-4-3-5-7-15/h3-9,12,14H,10-11,13H2,1-2H3,(H,23,26). The lowest BCUT2D eigenvalue weighted by Gasteiger charge is -2.13. The number of carbonyl (C=O) groups is 4. The minimum Gasteiger partial charge on any atom is -0.463 e. The predicted molar refractivity (Wildman–Crippen MR) is 105 cm³/mol. The SMILES string of the molecule is CC(C)OC(=O)CCNC(=O)c1ccc2c(c1)C(=O)N(Cc1ccccc1)C2=O. The third kappa shape index (κ3) is 4.68. The number of imide groups is 1. The van der Waals surface area contributed by atoms with E-state index in [1.165, 1.54) is 23.1 Å². The van der Waals surface area contributed by atoms with Crippen LogP contribution in [0.15, 0.2) is 48.5 Å². The van der Waals surface area contributed by atoms with Gasteiger partial charge in [-0.05, 0) is 37.6 Å². The Bertz CT molecular complexity index is 953. The van der Waals surface area contributed by atoms with Crippen molar-refractivity contribution in [2.45, 2.75) is 32.9 Å². The summed E-state index contributed by atoms with van der Waals surface area (Å²) >= 11 is 0. The largest absolute Gasteiger partial charge is 0.463 e. The number of nitrogens with one attached hydrogen (secondary N) is 1. The highest BCUT2D eigenvalue weighted by atomic mass is 16.5. The van der Waals surface area contributed by atoms with Gasteiger partial charge in [-0.1, -0.05) is 30.3 Å². The highest BCUT2D eigenvalue weighted by Crippen LogP contribution is 2.25. The van der Waals surface area contributed by atoms with Crippen LogP contribution in [0, 0.1) is 0 Å². The molecule has 1 heterocycles. The second kappa shape index (κ2) is 8.68. The second-order valence-corrected chi connectivity index (χ2v) is 6.99. The first-order chi connectivity index (χ1) is 13.9. The van der Waals surface area contributed by atoms with E-state index in [1.807, 2.05) is 30.3 Å². The van der Waals surface area contributed by atoms with Crippen molar-refractivity contribution >= 4 is 23.7 Å². The van der Waals surface area contributed by atoms with Gasteiger partial charge in [0.05, 0.1) is 30.2 Å². The molecule has 1 aliphatic rings. The lowest BCUT2D eigenvalue weighted by atomic mass is 10.1. The maximum atomic E-state index is 12.7. The molecule has 0 unspecified atom stereocenters. The molecule has 0 fully saturated rings. The van der Waals surface area contributed by atoms with Gasteiger partial charge in [-0.25, -0.2) is 0 Å². The molecule has 1 N–H and O–H groups in total. The topological polar surface area (TPSA) is 92.8 Å². The summed E-state index contributed by atoms with van der Waals surface area (Å²) < 4.78 is 5.01. The summed E-state index contributed by atoms with van der Waals surface area (Å²) in [7, 11) is 0. The van der Waals surface area contributed by atoms with Crippen LogP contribution >= 0.6 is 0 Å². The van der Waals surface area contributed by atoms with Gasteiger partial charge in [-0.3, -0.25) is 24.1 Å². The highest BCUT2D eigenvalue weighted by molar-refractivity contribution is 6.22. The quantitative estimate of drug-likeness (QED) is 0.575. The highest BCUT2D eigenvalue weighted by Gasteiger charge is 2.35. The van der Waals surface area contributed by atoms with Gasteiger partial charge in [0.2, 0.25) is 0 Å². The van der Waals surface area contributed by atoms with E-state index in [1.54, 1.807) is 13.8 Å². The van der Waals surface area contributed by atoms with Gasteiger partial charge in [0.15, 0.2) is 0 Å². The number of carbonyl (C=O) groups excluding carboxylic acids is 4. The summed E-state index contributed by atoms with van der Waals surface area (Å²) in [6.45, 7) is 3.79. The summed E-state index contributed by atoms with van der Waals surface area (Å²) in [4.78, 5) is 50.3. The van der Waals surface area contributed by atoms with Crippen LogP contribution in [0.4, 0.5) is 0 Å². The number of hydrogen-bond acceptors (Lipinski definition) is 5. The monoisotopic (exact) mass is 394 g/mol. The number of amides is 3. The fraction of sp³-hybridized carbons (Fsp3) is 0.273. The number of ether oxygens (including phenoxy) is 1. The van der Waals surface area contributed by atoms with Gasteiger partial charge < -0.3 is 10.1 Å². The number of nitrogens with zero attached hydrogens (tertiary/aromatic N) is 1. The minimum absolute atomic E-state index is 0.0527. The lowest BCUT2D eigenvalue weighted by Crippen LogP contribution is -2.29. The predicted octanol–water partition coefficient (Wildman–Crippen LogP) is 2.55. The fourth-order valence-corrected chi connectivity index (χ4v) is 3.04. The first-order valence-electron chi connectivity index (χ1n) is 9.38. The number of benzene rings is 2. The molecule has 7 heteroatoms. The average Bonchev–Trinajstić information content (AvgIpc) is 2.92. The summed E-state index contributed by atoms with van der Waals surface area (Å²) in [5.74, 6) is -1.63. The molecule has 2 aromatic carbocycles. The molecule has 2 aromatic rings. The first-order valence-corrected chi connectivity index (χ1v) is 9.38. The molecule has 1 aliphatic heterocycles. The first kappa shape index (κ1) is 20.3. The van der Waals surface area contributed by atoms with E-state index in [4.69, 9.17) is 4.74 Å². The molecule has 150 valence electrons. The van der Waals surface area contributed by atoms with Crippen LogP contribution in [-0.2, 0) is 16.1 Å². The third-order valence-corrected chi connectivity index (χ3v) is 4.40. The van der Waals surface area contributed by atoms with Gasteiger partial charge in [-0.15, -0.1) is 0 Å². The van der Waals surface area contributed by atoms with Gasteiger partial charge in [0.25, 0.3) is 17.7 Å². The zero-order valence-corrected chi connectivity index (χ0v) is 16.3. The molecule has 0 saturated carbocycles. The Labute approximate surface area is 168 Å². The second-order valence-electron chi connectivity index (χ2n) is 6.99. The van der Waals surface area contributed by atoms with E-state index < -0.39 is 17.8 Å². The maximum Gasteiger partial charge on any atom is 0.307 e. The molecule has 0 spiro atoms. The molecular weight excluding hydrogens is 372 g/mol. The van der Waals surface area contributed by atoms with E-state index in [-0.39, 0.29) is 48.2 Å². The van der Waals surface area contributed by atoms with Crippen molar-refractivity contribution in [2.24, 2.45) is 0 Å². The third-order valence-electron chi connectivity index (χ3n) is 4.40. The van der Waals surface area contributed by atoms with E-state index >= 15 is 0 Å². The molecule has 7 nitrogen and oxygen atoms in total. The molecule has 0 atom stereocenters. The van der Waals surface area contributed by atoms with Crippen molar-refractivity contribution in [1.29, 1.82) is 0 Å². The molecule has 0 radical (unpaired) electrons. The minimum atomic E-state index is -0.427. The Morgan fingerprint density at radius 2 is 1.69 bits per heavy atom. The maximum absolute atomic E-state index is 12.7. The summed E-state index contributed by atoms with van der Waals surface area (Å²) in [5, 5.41) is 2.62. The van der Waals surface area contributed by atoms with Crippen LogP contribution < -0.4 is 5.32 Å². The number of hydrogen-bond donors (Lipinski definition) is 1. The Kier molecular flexibility index (Phi) is 6.07. The zero-order valence-electron chi connectivity index (χ0n) is 16.3. The van der Waals surface area contributed by atoms with Crippen LogP contribution in [-0.4, -0.2) is 41.2 Å². The smallest absolute Gasteiger partial charge is 0.307 e. The Hall–Kier alpha value is -3.48. The van der Waals surface area contributed by atoms with Crippen LogP contribution in [0.1, 0.15) is 56.9 Å². The van der Waals surface area contributed by atoms with Gasteiger partial charge >= 0.3 is 5.97 Å². The summed E-state index contributed by atoms with van der Waals surface area (Å²) in [5.41, 5.74) is 1.58.